The standard InChI is InChI=1S/C14H22N2/c1-4-16-14(10-12(2)3)8-7-13-6-5-9-15-11-13/h5-6,9,11,14,16H,2,4,7-8,10H2,1,3H3. The van der Waals surface area contributed by atoms with Gasteiger partial charge < -0.3 is 5.32 Å². The van der Waals surface area contributed by atoms with Crippen molar-refractivity contribution in [2.24, 2.45) is 0 Å². The zero-order chi connectivity index (χ0) is 11.8. The Morgan fingerprint density at radius 3 is 2.94 bits per heavy atom. The summed E-state index contributed by atoms with van der Waals surface area (Å²) >= 11 is 0. The molecule has 0 saturated heterocycles. The van der Waals surface area contributed by atoms with Crippen LogP contribution >= 0.6 is 0 Å². The first-order chi connectivity index (χ1) is 7.72. The van der Waals surface area contributed by atoms with Crippen molar-refractivity contribution < 1.29 is 0 Å². The van der Waals surface area contributed by atoms with Crippen LogP contribution in [0.3, 0.4) is 0 Å². The Labute approximate surface area is 98.8 Å². The minimum absolute atomic E-state index is 0.544. The predicted molar refractivity (Wildman–Crippen MR) is 69.5 cm³/mol. The molecule has 88 valence electrons. The normalized spacial score (nSPS) is 12.4. The predicted octanol–water partition coefficient (Wildman–Crippen LogP) is 2.96. The molecule has 1 aromatic heterocycles. The van der Waals surface area contributed by atoms with E-state index in [1.807, 2.05) is 18.5 Å². The monoisotopic (exact) mass is 218 g/mol. The molecule has 1 heterocycles. The van der Waals surface area contributed by atoms with Crippen LogP contribution in [0, 0.1) is 0 Å². The van der Waals surface area contributed by atoms with Crippen LogP contribution in [-0.2, 0) is 6.42 Å². The molecule has 0 bridgehead atoms. The highest BCUT2D eigenvalue weighted by Crippen LogP contribution is 2.10. The lowest BCUT2D eigenvalue weighted by Crippen LogP contribution is -2.29. The van der Waals surface area contributed by atoms with Crippen molar-refractivity contribution in [3.05, 3.63) is 42.2 Å². The van der Waals surface area contributed by atoms with Crippen molar-refractivity contribution in [3.8, 4) is 0 Å². The summed E-state index contributed by atoms with van der Waals surface area (Å²) in [6, 6.07) is 4.68. The third kappa shape index (κ3) is 5.08. The second-order valence-electron chi connectivity index (χ2n) is 4.32. The molecule has 0 saturated carbocycles. The Morgan fingerprint density at radius 1 is 1.56 bits per heavy atom. The smallest absolute Gasteiger partial charge is 0.0299 e. The SMILES string of the molecule is C=C(C)CC(CCc1cccnc1)NCC. The summed E-state index contributed by atoms with van der Waals surface area (Å²) in [6.07, 6.45) is 7.06. The molecule has 0 aliphatic carbocycles. The van der Waals surface area contributed by atoms with Gasteiger partial charge in [-0.25, -0.2) is 0 Å². The van der Waals surface area contributed by atoms with Gasteiger partial charge in [0.15, 0.2) is 0 Å². The molecule has 1 unspecified atom stereocenters. The molecule has 0 aliphatic rings. The first-order valence-corrected chi connectivity index (χ1v) is 5.99. The highest BCUT2D eigenvalue weighted by molar-refractivity contribution is 5.09. The topological polar surface area (TPSA) is 24.9 Å². The summed E-state index contributed by atoms with van der Waals surface area (Å²) < 4.78 is 0. The maximum atomic E-state index is 4.13. The summed E-state index contributed by atoms with van der Waals surface area (Å²) in [6.45, 7) is 9.24. The van der Waals surface area contributed by atoms with E-state index in [-0.39, 0.29) is 0 Å². The number of nitrogens with zero attached hydrogens (tertiary/aromatic N) is 1. The largest absolute Gasteiger partial charge is 0.314 e. The van der Waals surface area contributed by atoms with Gasteiger partial charge in [0, 0.05) is 18.4 Å². The molecule has 2 heteroatoms. The average Bonchev–Trinajstić information content (AvgIpc) is 2.27. The molecule has 0 radical (unpaired) electrons. The van der Waals surface area contributed by atoms with Gasteiger partial charge in [-0.05, 0) is 44.4 Å². The average molecular weight is 218 g/mol. The van der Waals surface area contributed by atoms with Crippen LogP contribution in [0.15, 0.2) is 36.7 Å². The summed E-state index contributed by atoms with van der Waals surface area (Å²) in [5.41, 5.74) is 2.56. The van der Waals surface area contributed by atoms with Crippen molar-refractivity contribution in [2.75, 3.05) is 6.54 Å². The second kappa shape index (κ2) is 7.18. The van der Waals surface area contributed by atoms with Gasteiger partial charge in [0.25, 0.3) is 0 Å². The van der Waals surface area contributed by atoms with E-state index in [1.54, 1.807) is 0 Å². The van der Waals surface area contributed by atoms with E-state index in [0.717, 1.165) is 25.8 Å². The number of hydrogen-bond donors (Lipinski definition) is 1. The fourth-order valence-corrected chi connectivity index (χ4v) is 1.87. The lowest BCUT2D eigenvalue weighted by atomic mass is 10.0. The van der Waals surface area contributed by atoms with Gasteiger partial charge in [-0.15, -0.1) is 6.58 Å². The van der Waals surface area contributed by atoms with E-state index in [2.05, 4.69) is 36.8 Å². The van der Waals surface area contributed by atoms with E-state index in [0.29, 0.717) is 6.04 Å². The van der Waals surface area contributed by atoms with Gasteiger partial charge >= 0.3 is 0 Å². The first kappa shape index (κ1) is 12.9. The number of aryl methyl sites for hydroxylation is 1. The fraction of sp³-hybridized carbons (Fsp3) is 0.500. The summed E-state index contributed by atoms with van der Waals surface area (Å²) in [4.78, 5) is 4.13. The zero-order valence-corrected chi connectivity index (χ0v) is 10.4. The van der Waals surface area contributed by atoms with E-state index in [1.165, 1.54) is 11.1 Å². The molecular weight excluding hydrogens is 196 g/mol. The molecule has 1 aromatic rings. The van der Waals surface area contributed by atoms with Crippen LogP contribution in [0.25, 0.3) is 0 Å². The number of hydrogen-bond acceptors (Lipinski definition) is 2. The van der Waals surface area contributed by atoms with E-state index < -0.39 is 0 Å². The molecule has 1 rings (SSSR count). The molecule has 1 N–H and O–H groups in total. The molecule has 0 aliphatic heterocycles. The summed E-state index contributed by atoms with van der Waals surface area (Å²) in [5.74, 6) is 0. The highest BCUT2D eigenvalue weighted by Gasteiger charge is 2.07. The minimum atomic E-state index is 0.544. The Kier molecular flexibility index (Phi) is 5.79. The molecule has 0 aromatic carbocycles. The molecule has 0 spiro atoms. The Bertz CT molecular complexity index is 306. The quantitative estimate of drug-likeness (QED) is 0.712. The summed E-state index contributed by atoms with van der Waals surface area (Å²) in [7, 11) is 0. The molecule has 1 atom stereocenters. The van der Waals surface area contributed by atoms with Crippen LogP contribution in [0.5, 0.6) is 0 Å². The third-order valence-corrected chi connectivity index (χ3v) is 2.59. The first-order valence-electron chi connectivity index (χ1n) is 5.99. The van der Waals surface area contributed by atoms with Crippen molar-refractivity contribution in [1.29, 1.82) is 0 Å². The zero-order valence-electron chi connectivity index (χ0n) is 10.4. The van der Waals surface area contributed by atoms with Crippen LogP contribution in [0.2, 0.25) is 0 Å². The van der Waals surface area contributed by atoms with Gasteiger partial charge in [-0.1, -0.05) is 18.6 Å². The van der Waals surface area contributed by atoms with E-state index in [9.17, 15) is 0 Å². The number of nitrogens with one attached hydrogen (secondary N) is 1. The Balaban J connectivity index is 2.40. The van der Waals surface area contributed by atoms with Crippen LogP contribution in [0.1, 0.15) is 32.3 Å². The van der Waals surface area contributed by atoms with Gasteiger partial charge in [0.05, 0.1) is 0 Å². The number of rotatable bonds is 7. The lowest BCUT2D eigenvalue weighted by molar-refractivity contribution is 0.490. The molecule has 16 heavy (non-hydrogen) atoms. The van der Waals surface area contributed by atoms with Crippen molar-refractivity contribution in [3.63, 3.8) is 0 Å². The fourth-order valence-electron chi connectivity index (χ4n) is 1.87. The third-order valence-electron chi connectivity index (χ3n) is 2.59. The lowest BCUT2D eigenvalue weighted by Gasteiger charge is -2.17. The second-order valence-corrected chi connectivity index (χ2v) is 4.32. The number of aromatic nitrogens is 1. The minimum Gasteiger partial charge on any atom is -0.314 e. The molecule has 2 nitrogen and oxygen atoms in total. The van der Waals surface area contributed by atoms with Crippen molar-refractivity contribution in [2.45, 2.75) is 39.2 Å². The maximum Gasteiger partial charge on any atom is 0.0299 e. The van der Waals surface area contributed by atoms with Crippen LogP contribution in [-0.4, -0.2) is 17.6 Å². The number of pyridine rings is 1. The van der Waals surface area contributed by atoms with E-state index >= 15 is 0 Å². The highest BCUT2D eigenvalue weighted by atomic mass is 14.9. The summed E-state index contributed by atoms with van der Waals surface area (Å²) in [5, 5.41) is 3.50. The molecule has 0 fully saturated rings. The maximum absolute atomic E-state index is 4.13. The van der Waals surface area contributed by atoms with Gasteiger partial charge in [-0.3, -0.25) is 4.98 Å². The van der Waals surface area contributed by atoms with Crippen LogP contribution < -0.4 is 5.32 Å². The van der Waals surface area contributed by atoms with Gasteiger partial charge in [0.1, 0.15) is 0 Å². The Morgan fingerprint density at radius 2 is 2.38 bits per heavy atom. The van der Waals surface area contributed by atoms with Gasteiger partial charge in [-0.2, -0.15) is 0 Å². The molecular formula is C14H22N2. The van der Waals surface area contributed by atoms with Crippen LogP contribution in [0.4, 0.5) is 0 Å². The van der Waals surface area contributed by atoms with Crippen molar-refractivity contribution in [1.82, 2.24) is 10.3 Å². The van der Waals surface area contributed by atoms with E-state index in [4.69, 9.17) is 0 Å². The Hall–Kier alpha value is -1.15. The van der Waals surface area contributed by atoms with Crippen molar-refractivity contribution >= 4 is 0 Å². The van der Waals surface area contributed by atoms with Gasteiger partial charge in [0.2, 0.25) is 0 Å². The molecule has 0 amide bonds.